The molecule has 0 aliphatic heterocycles. The highest BCUT2D eigenvalue weighted by atomic mass is 16.4. The molecule has 0 atom stereocenters. The quantitative estimate of drug-likeness (QED) is 0.242. The molecule has 2 aromatic rings. The molecule has 0 amide bonds. The molecule has 0 aliphatic carbocycles. The molecule has 0 aromatic heterocycles. The first kappa shape index (κ1) is 35.2. The number of allylic oxidation sites excluding steroid dienone is 16. The van der Waals surface area contributed by atoms with E-state index in [1.165, 1.54) is 0 Å². The van der Waals surface area contributed by atoms with Crippen LogP contribution >= 0.6 is 0 Å². The van der Waals surface area contributed by atoms with Gasteiger partial charge in [-0.3, -0.25) is 0 Å². The van der Waals surface area contributed by atoms with E-state index in [-0.39, 0.29) is 0 Å². The fourth-order valence-corrected chi connectivity index (χ4v) is 4.29. The molecule has 0 bridgehead atoms. The van der Waals surface area contributed by atoms with Crippen molar-refractivity contribution in [1.82, 2.24) is 0 Å². The van der Waals surface area contributed by atoms with Crippen molar-refractivity contribution >= 4 is 24.1 Å². The zero-order valence-electron chi connectivity index (χ0n) is 27.1. The van der Waals surface area contributed by atoms with Gasteiger partial charge in [0.2, 0.25) is 0 Å². The molecule has 0 heterocycles. The first-order valence-corrected chi connectivity index (χ1v) is 14.6. The normalized spacial score (nSPS) is 13.9. The molecule has 4 nitrogen and oxygen atoms in total. The summed E-state index contributed by atoms with van der Waals surface area (Å²) in [6.45, 7) is 15.7. The highest BCUT2D eigenvalue weighted by Crippen LogP contribution is 2.21. The Hall–Kier alpha value is -4.96. The van der Waals surface area contributed by atoms with Gasteiger partial charge in [0, 0.05) is 0 Å². The van der Waals surface area contributed by atoms with E-state index >= 15 is 0 Å². The summed E-state index contributed by atoms with van der Waals surface area (Å²) in [5.74, 6) is -1.80. The molecule has 0 fully saturated rings. The van der Waals surface area contributed by atoms with Crippen LogP contribution in [0, 0.1) is 27.7 Å². The van der Waals surface area contributed by atoms with Crippen LogP contribution in [0.5, 0.6) is 0 Å². The Morgan fingerprint density at radius 3 is 1.14 bits per heavy atom. The van der Waals surface area contributed by atoms with Crippen LogP contribution in [0.1, 0.15) is 81.8 Å². The summed E-state index contributed by atoms with van der Waals surface area (Å²) in [6, 6.07) is 7.01. The number of rotatable bonds is 12. The number of carboxylic acids is 2. The third-order valence-corrected chi connectivity index (χ3v) is 7.44. The number of carboxylic acid groups (broad SMARTS) is 2. The van der Waals surface area contributed by atoms with Crippen LogP contribution in [0.3, 0.4) is 0 Å². The van der Waals surface area contributed by atoms with Crippen LogP contribution in [-0.2, 0) is 0 Å². The molecule has 2 N–H and O–H groups in total. The van der Waals surface area contributed by atoms with E-state index in [4.69, 9.17) is 0 Å². The van der Waals surface area contributed by atoms with Crippen LogP contribution in [0.2, 0.25) is 0 Å². The van der Waals surface area contributed by atoms with Gasteiger partial charge in [0.15, 0.2) is 0 Å². The van der Waals surface area contributed by atoms with E-state index in [2.05, 4.69) is 38.2 Å². The Morgan fingerprint density at radius 2 is 0.795 bits per heavy atom. The summed E-state index contributed by atoms with van der Waals surface area (Å²) in [6.07, 6.45) is 28.5. The van der Waals surface area contributed by atoms with Crippen molar-refractivity contribution in [2.45, 2.75) is 55.4 Å². The molecule has 0 radical (unpaired) electrons. The maximum Gasteiger partial charge on any atom is 0.335 e. The zero-order valence-corrected chi connectivity index (χ0v) is 27.1. The van der Waals surface area contributed by atoms with Gasteiger partial charge in [0.25, 0.3) is 0 Å². The SMILES string of the molecule is CC(C=Cc1ccc(C(=O)O)c(C)c1C)=CC=CC(C)=C/C=C/C=C(C)/C=C/C=C(C)/C=C/c1ccc(C(=O)O)c(C)c1C. The molecule has 0 spiro atoms. The van der Waals surface area contributed by atoms with Gasteiger partial charge in [-0.05, 0) is 101 Å². The minimum atomic E-state index is -0.900. The number of carbonyl (C=O) groups is 2. The molecule has 0 saturated carbocycles. The van der Waals surface area contributed by atoms with Gasteiger partial charge in [-0.15, -0.1) is 0 Å². The molecule has 0 unspecified atom stereocenters. The van der Waals surface area contributed by atoms with Crippen molar-refractivity contribution in [3.63, 3.8) is 0 Å². The maximum absolute atomic E-state index is 11.3. The number of aromatic carboxylic acids is 2. The lowest BCUT2D eigenvalue weighted by atomic mass is 9.97. The second-order valence-electron chi connectivity index (χ2n) is 10.9. The third kappa shape index (κ3) is 11.0. The third-order valence-electron chi connectivity index (χ3n) is 7.44. The molecule has 228 valence electrons. The van der Waals surface area contributed by atoms with E-state index in [0.29, 0.717) is 11.1 Å². The van der Waals surface area contributed by atoms with Gasteiger partial charge in [-0.25, -0.2) is 9.59 Å². The van der Waals surface area contributed by atoms with Gasteiger partial charge in [-0.1, -0.05) is 119 Å². The first-order valence-electron chi connectivity index (χ1n) is 14.6. The summed E-state index contributed by atoms with van der Waals surface area (Å²) < 4.78 is 0. The summed E-state index contributed by atoms with van der Waals surface area (Å²) in [7, 11) is 0. The van der Waals surface area contributed by atoms with Crippen molar-refractivity contribution in [2.24, 2.45) is 0 Å². The van der Waals surface area contributed by atoms with E-state index in [1.807, 2.05) is 114 Å². The molecule has 4 heteroatoms. The summed E-state index contributed by atoms with van der Waals surface area (Å²) >= 11 is 0. The van der Waals surface area contributed by atoms with Crippen LogP contribution in [0.4, 0.5) is 0 Å². The van der Waals surface area contributed by atoms with Crippen molar-refractivity contribution in [3.8, 4) is 0 Å². The molecular weight excluding hydrogens is 544 g/mol. The summed E-state index contributed by atoms with van der Waals surface area (Å²) in [5, 5.41) is 18.6. The largest absolute Gasteiger partial charge is 0.478 e. The maximum atomic E-state index is 11.3. The summed E-state index contributed by atoms with van der Waals surface area (Å²) in [4.78, 5) is 22.6. The molecular formula is C40H44O4. The van der Waals surface area contributed by atoms with Crippen molar-refractivity contribution in [3.05, 3.63) is 164 Å². The van der Waals surface area contributed by atoms with Gasteiger partial charge in [0.1, 0.15) is 0 Å². The number of hydrogen-bond acceptors (Lipinski definition) is 2. The van der Waals surface area contributed by atoms with E-state index in [0.717, 1.165) is 55.7 Å². The predicted octanol–water partition coefficient (Wildman–Crippen LogP) is 10.5. The van der Waals surface area contributed by atoms with Gasteiger partial charge >= 0.3 is 11.9 Å². The highest BCUT2D eigenvalue weighted by molar-refractivity contribution is 5.91. The standard InChI is InChI=1S/C40H44O4/c1-27(15-11-17-29(3)19-21-35-23-25-37(39(41)42)33(7)31(35)5)13-9-10-14-28(2)16-12-18-30(4)20-22-36-24-26-38(40(43)44)34(8)32(36)6/h9-26H,1-8H3,(H,41,42)(H,43,44)/b10-9+,15-11+,16-12?,21-19+,22-20?,27-13+,28-14?,29-17+,30-18?. The molecule has 0 saturated heterocycles. The molecule has 0 aliphatic rings. The Morgan fingerprint density at radius 1 is 0.477 bits per heavy atom. The fourth-order valence-electron chi connectivity index (χ4n) is 4.29. The Labute approximate surface area is 262 Å². The lowest BCUT2D eigenvalue weighted by Crippen LogP contribution is -2.02. The van der Waals surface area contributed by atoms with Gasteiger partial charge < -0.3 is 10.2 Å². The average Bonchev–Trinajstić information content (AvgIpc) is 2.96. The minimum absolute atomic E-state index is 0.343. The Balaban J connectivity index is 1.92. The zero-order chi connectivity index (χ0) is 32.8. The van der Waals surface area contributed by atoms with Crippen molar-refractivity contribution < 1.29 is 19.8 Å². The first-order chi connectivity index (χ1) is 20.8. The monoisotopic (exact) mass is 588 g/mol. The van der Waals surface area contributed by atoms with E-state index < -0.39 is 11.9 Å². The minimum Gasteiger partial charge on any atom is -0.478 e. The summed E-state index contributed by atoms with van der Waals surface area (Å²) in [5.41, 5.74) is 10.7. The van der Waals surface area contributed by atoms with Crippen LogP contribution < -0.4 is 0 Å². The molecule has 44 heavy (non-hydrogen) atoms. The average molecular weight is 589 g/mol. The van der Waals surface area contributed by atoms with Crippen molar-refractivity contribution in [2.75, 3.05) is 0 Å². The van der Waals surface area contributed by atoms with Gasteiger partial charge in [0.05, 0.1) is 11.1 Å². The Kier molecular flexibility index (Phi) is 13.8. The van der Waals surface area contributed by atoms with Crippen LogP contribution in [0.25, 0.3) is 12.2 Å². The van der Waals surface area contributed by atoms with Crippen molar-refractivity contribution in [1.29, 1.82) is 0 Å². The van der Waals surface area contributed by atoms with E-state index in [9.17, 15) is 19.8 Å². The van der Waals surface area contributed by atoms with Gasteiger partial charge in [-0.2, -0.15) is 0 Å². The second kappa shape index (κ2) is 17.2. The molecule has 2 aromatic carbocycles. The lowest BCUT2D eigenvalue weighted by molar-refractivity contribution is 0.0685. The predicted molar refractivity (Wildman–Crippen MR) is 186 cm³/mol. The van der Waals surface area contributed by atoms with Crippen LogP contribution in [-0.4, -0.2) is 22.2 Å². The smallest absolute Gasteiger partial charge is 0.335 e. The molecule has 2 rings (SSSR count). The Bertz CT molecular complexity index is 1540. The highest BCUT2D eigenvalue weighted by Gasteiger charge is 2.11. The second-order valence-corrected chi connectivity index (χ2v) is 10.9. The number of benzene rings is 2. The van der Waals surface area contributed by atoms with Crippen LogP contribution in [0.15, 0.2) is 119 Å². The lowest BCUT2D eigenvalue weighted by Gasteiger charge is -2.08. The van der Waals surface area contributed by atoms with E-state index in [1.54, 1.807) is 12.1 Å². The number of hydrogen-bond donors (Lipinski definition) is 2. The fraction of sp³-hybridized carbons (Fsp3) is 0.200. The topological polar surface area (TPSA) is 74.6 Å².